The number of carboxylic acids is 2. The van der Waals surface area contributed by atoms with Gasteiger partial charge in [-0.25, -0.2) is 9.59 Å². The molecule has 3 aliphatic rings. The van der Waals surface area contributed by atoms with Crippen LogP contribution in [0.2, 0.25) is 0 Å². The van der Waals surface area contributed by atoms with Gasteiger partial charge in [-0.2, -0.15) is 0 Å². The summed E-state index contributed by atoms with van der Waals surface area (Å²) >= 11 is 0. The highest BCUT2D eigenvalue weighted by Gasteiger charge is 2.42. The molecule has 0 amide bonds. The Morgan fingerprint density at radius 2 is 1.70 bits per heavy atom. The molecule has 0 radical (unpaired) electrons. The number of methoxy groups -OCH3 is 2. The fourth-order valence-electron chi connectivity index (χ4n) is 5.16. The Bertz CT molecular complexity index is 735. The molecule has 3 unspecified atom stereocenters. The van der Waals surface area contributed by atoms with Crippen LogP contribution in [0, 0.1) is 11.8 Å². The second-order valence-electron chi connectivity index (χ2n) is 8.34. The van der Waals surface area contributed by atoms with E-state index in [0.29, 0.717) is 0 Å². The third-order valence-corrected chi connectivity index (χ3v) is 6.64. The van der Waals surface area contributed by atoms with E-state index in [2.05, 4.69) is 15.9 Å². The van der Waals surface area contributed by atoms with Crippen LogP contribution in [0.1, 0.15) is 31.2 Å². The van der Waals surface area contributed by atoms with Crippen LogP contribution in [0.15, 0.2) is 18.2 Å². The Kier molecular flexibility index (Phi) is 7.55. The Hall–Kier alpha value is -2.32. The summed E-state index contributed by atoms with van der Waals surface area (Å²) < 4.78 is 10.9. The van der Waals surface area contributed by atoms with Crippen molar-refractivity contribution >= 4 is 11.9 Å². The molecule has 30 heavy (non-hydrogen) atoms. The molecule has 0 aromatic heterocycles. The Morgan fingerprint density at radius 3 is 2.20 bits per heavy atom. The van der Waals surface area contributed by atoms with Crippen LogP contribution in [0.3, 0.4) is 0 Å². The van der Waals surface area contributed by atoms with Crippen molar-refractivity contribution in [2.75, 3.05) is 40.4 Å². The number of ether oxygens (including phenoxy) is 2. The quantitative estimate of drug-likeness (QED) is 0.699. The molecule has 3 atom stereocenters. The number of benzene rings is 1. The van der Waals surface area contributed by atoms with Crippen LogP contribution in [-0.4, -0.2) is 78.4 Å². The maximum absolute atomic E-state index is 9.10. The topological polar surface area (TPSA) is 99.5 Å². The minimum atomic E-state index is -1.82. The molecule has 8 nitrogen and oxygen atoms in total. The minimum absolute atomic E-state index is 0.886. The van der Waals surface area contributed by atoms with Crippen molar-refractivity contribution in [1.82, 2.24) is 9.80 Å². The van der Waals surface area contributed by atoms with Gasteiger partial charge in [-0.05, 0) is 49.3 Å². The van der Waals surface area contributed by atoms with Gasteiger partial charge in [0.1, 0.15) is 11.5 Å². The lowest BCUT2D eigenvalue weighted by atomic mass is 9.93. The molecule has 2 N–H and O–H groups in total. The van der Waals surface area contributed by atoms with Crippen molar-refractivity contribution in [1.29, 1.82) is 0 Å². The number of piperazine rings is 1. The van der Waals surface area contributed by atoms with Crippen molar-refractivity contribution in [2.45, 2.75) is 38.3 Å². The smallest absolute Gasteiger partial charge is 0.414 e. The number of hydrogen-bond acceptors (Lipinski definition) is 6. The average molecular weight is 421 g/mol. The molecule has 1 saturated heterocycles. The lowest BCUT2D eigenvalue weighted by Gasteiger charge is -2.41. The highest BCUT2D eigenvalue weighted by atomic mass is 16.5. The highest BCUT2D eigenvalue weighted by molar-refractivity contribution is 6.27. The van der Waals surface area contributed by atoms with Gasteiger partial charge in [0.25, 0.3) is 0 Å². The van der Waals surface area contributed by atoms with Gasteiger partial charge < -0.3 is 19.7 Å². The molecule has 4 rings (SSSR count). The molecule has 1 aliphatic heterocycles. The summed E-state index contributed by atoms with van der Waals surface area (Å²) in [5.41, 5.74) is 1.23. The molecule has 3 fully saturated rings. The largest absolute Gasteiger partial charge is 0.497 e. The first-order valence-electron chi connectivity index (χ1n) is 10.5. The predicted octanol–water partition coefficient (Wildman–Crippen LogP) is 2.17. The molecule has 2 aliphatic carbocycles. The number of carboxylic acid groups (broad SMARTS) is 2. The number of carbonyl (C=O) groups is 2. The lowest BCUT2D eigenvalue weighted by Crippen LogP contribution is -2.51. The second kappa shape index (κ2) is 10.1. The molecule has 1 heterocycles. The third-order valence-electron chi connectivity index (χ3n) is 6.64. The maximum Gasteiger partial charge on any atom is 0.414 e. The van der Waals surface area contributed by atoms with Gasteiger partial charge in [-0.15, -0.1) is 0 Å². The SMILES string of the molecule is COc1ccc(OC)c(CN2CCN(C3CC4CCC3C4)CC2)c1.O=C(O)C(=O)O. The molecule has 2 saturated carbocycles. The van der Waals surface area contributed by atoms with E-state index in [4.69, 9.17) is 29.3 Å². The average Bonchev–Trinajstić information content (AvgIpc) is 3.38. The van der Waals surface area contributed by atoms with Crippen molar-refractivity contribution in [3.8, 4) is 11.5 Å². The maximum atomic E-state index is 9.10. The molecular formula is C22H32N2O6. The summed E-state index contributed by atoms with van der Waals surface area (Å²) in [5, 5.41) is 14.8. The summed E-state index contributed by atoms with van der Waals surface area (Å²) in [6.45, 7) is 5.72. The number of fused-ring (bicyclic) bond motifs is 2. The van der Waals surface area contributed by atoms with E-state index in [0.717, 1.165) is 49.0 Å². The van der Waals surface area contributed by atoms with E-state index in [-0.39, 0.29) is 0 Å². The van der Waals surface area contributed by atoms with Gasteiger partial charge in [-0.3, -0.25) is 9.80 Å². The van der Waals surface area contributed by atoms with Gasteiger partial charge >= 0.3 is 11.9 Å². The fourth-order valence-corrected chi connectivity index (χ4v) is 5.16. The number of hydrogen-bond donors (Lipinski definition) is 2. The van der Waals surface area contributed by atoms with E-state index in [1.807, 2.05) is 12.1 Å². The van der Waals surface area contributed by atoms with Crippen LogP contribution < -0.4 is 9.47 Å². The zero-order valence-corrected chi connectivity index (χ0v) is 17.7. The second-order valence-corrected chi connectivity index (χ2v) is 8.34. The molecular weight excluding hydrogens is 388 g/mol. The first-order chi connectivity index (χ1) is 14.4. The van der Waals surface area contributed by atoms with E-state index in [1.165, 1.54) is 44.3 Å². The highest BCUT2D eigenvalue weighted by Crippen LogP contribution is 2.46. The summed E-state index contributed by atoms with van der Waals surface area (Å²) in [5.74, 6) is 0.266. The van der Waals surface area contributed by atoms with Gasteiger partial charge in [0, 0.05) is 44.3 Å². The number of nitrogens with zero attached hydrogens (tertiary/aromatic N) is 2. The zero-order chi connectivity index (χ0) is 21.7. The fraction of sp³-hybridized carbons (Fsp3) is 0.636. The monoisotopic (exact) mass is 420 g/mol. The van der Waals surface area contributed by atoms with Crippen LogP contribution in [0.25, 0.3) is 0 Å². The molecule has 1 aromatic carbocycles. The third kappa shape index (κ3) is 5.43. The Labute approximate surface area is 177 Å². The van der Waals surface area contributed by atoms with Gasteiger partial charge in [-0.1, -0.05) is 6.42 Å². The van der Waals surface area contributed by atoms with Crippen molar-refractivity contribution in [2.24, 2.45) is 11.8 Å². The lowest BCUT2D eigenvalue weighted by molar-refractivity contribution is -0.159. The normalized spacial score (nSPS) is 26.0. The standard InChI is InChI=1S/C20H30N2O2.C2H2O4/c1-23-18-5-6-20(24-2)17(13-18)14-21-7-9-22(10-8-21)19-12-15-3-4-16(19)11-15;3-1(4)2(5)6/h5-6,13,15-16,19H,3-4,7-12,14H2,1-2H3;(H,3,4)(H,5,6). The van der Waals surface area contributed by atoms with E-state index < -0.39 is 11.9 Å². The first-order valence-corrected chi connectivity index (χ1v) is 10.5. The molecule has 1 aromatic rings. The van der Waals surface area contributed by atoms with E-state index in [1.54, 1.807) is 14.2 Å². The van der Waals surface area contributed by atoms with Gasteiger partial charge in [0.05, 0.1) is 14.2 Å². The molecule has 2 bridgehead atoms. The van der Waals surface area contributed by atoms with Gasteiger partial charge in [0.2, 0.25) is 0 Å². The molecule has 166 valence electrons. The first kappa shape index (κ1) is 22.4. The number of rotatable bonds is 5. The van der Waals surface area contributed by atoms with Gasteiger partial charge in [0.15, 0.2) is 0 Å². The van der Waals surface area contributed by atoms with Crippen molar-refractivity contribution < 1.29 is 29.3 Å². The van der Waals surface area contributed by atoms with Crippen LogP contribution in [-0.2, 0) is 16.1 Å². The summed E-state index contributed by atoms with van der Waals surface area (Å²) in [7, 11) is 3.47. The van der Waals surface area contributed by atoms with Crippen LogP contribution >= 0.6 is 0 Å². The summed E-state index contributed by atoms with van der Waals surface area (Å²) in [6, 6.07) is 6.98. The molecule has 8 heteroatoms. The van der Waals surface area contributed by atoms with E-state index in [9.17, 15) is 0 Å². The minimum Gasteiger partial charge on any atom is -0.497 e. The zero-order valence-electron chi connectivity index (χ0n) is 17.7. The van der Waals surface area contributed by atoms with Crippen molar-refractivity contribution in [3.05, 3.63) is 23.8 Å². The summed E-state index contributed by atoms with van der Waals surface area (Å²) in [4.78, 5) is 23.5. The van der Waals surface area contributed by atoms with E-state index >= 15 is 0 Å². The predicted molar refractivity (Wildman–Crippen MR) is 111 cm³/mol. The molecule has 0 spiro atoms. The Morgan fingerprint density at radius 1 is 1.00 bits per heavy atom. The van der Waals surface area contributed by atoms with Crippen molar-refractivity contribution in [3.63, 3.8) is 0 Å². The van der Waals surface area contributed by atoms with Crippen LogP contribution in [0.5, 0.6) is 11.5 Å². The summed E-state index contributed by atoms with van der Waals surface area (Å²) in [6.07, 6.45) is 5.95. The number of aliphatic carboxylic acids is 2. The Balaban J connectivity index is 0.000000377. The van der Waals surface area contributed by atoms with Crippen LogP contribution in [0.4, 0.5) is 0 Å².